The van der Waals surface area contributed by atoms with Gasteiger partial charge < -0.3 is 19.7 Å². The summed E-state index contributed by atoms with van der Waals surface area (Å²) in [6.07, 6.45) is 2.66. The monoisotopic (exact) mass is 376 g/mol. The van der Waals surface area contributed by atoms with Crippen molar-refractivity contribution in [3.05, 3.63) is 40.7 Å². The number of carboxylic acids is 1. The highest BCUT2D eigenvalue weighted by molar-refractivity contribution is 7.18. The Kier molecular flexibility index (Phi) is 5.13. The first kappa shape index (κ1) is 18.2. The van der Waals surface area contributed by atoms with Gasteiger partial charge in [0.1, 0.15) is 0 Å². The van der Waals surface area contributed by atoms with E-state index in [4.69, 9.17) is 4.42 Å². The van der Waals surface area contributed by atoms with Crippen LogP contribution >= 0.6 is 11.3 Å². The lowest BCUT2D eigenvalue weighted by atomic mass is 9.90. The number of furan rings is 1. The highest BCUT2D eigenvalue weighted by atomic mass is 32.1. The van der Waals surface area contributed by atoms with Gasteiger partial charge in [-0.2, -0.15) is 0 Å². The average Bonchev–Trinajstić information content (AvgIpc) is 3.24. The molecule has 7 nitrogen and oxygen atoms in total. The normalized spacial score (nSPS) is 20.0. The van der Waals surface area contributed by atoms with Crippen molar-refractivity contribution in [3.8, 4) is 0 Å². The van der Waals surface area contributed by atoms with Crippen molar-refractivity contribution in [2.75, 3.05) is 11.9 Å². The van der Waals surface area contributed by atoms with E-state index in [-0.39, 0.29) is 23.6 Å². The second-order valence-electron chi connectivity index (χ2n) is 6.38. The molecule has 0 aliphatic carbocycles. The molecule has 2 aromatic rings. The van der Waals surface area contributed by atoms with Crippen LogP contribution in [0.25, 0.3) is 0 Å². The largest absolute Gasteiger partial charge is 0.481 e. The highest BCUT2D eigenvalue weighted by Crippen LogP contribution is 2.31. The zero-order valence-electron chi connectivity index (χ0n) is 14.5. The molecular weight excluding hydrogens is 356 g/mol. The van der Waals surface area contributed by atoms with Crippen molar-refractivity contribution in [1.29, 1.82) is 0 Å². The van der Waals surface area contributed by atoms with Crippen LogP contribution in [0, 0.1) is 12.8 Å². The molecule has 0 radical (unpaired) electrons. The molecular formula is C18H20N2O5S. The lowest BCUT2D eigenvalue weighted by Gasteiger charge is -2.37. The standard InChI is InChI=1S/C18H20N2O5S/c1-10-9-14(19-16(21)13-6-4-8-25-13)26-15(10)17(22)20-7-3-5-12(11(20)2)18(23)24/h4,6,8-9,11-12H,3,5,7H2,1-2H3,(H,19,21)(H,23,24)/t11-,12-/m1/s1. The van der Waals surface area contributed by atoms with Crippen LogP contribution in [0.1, 0.15) is 45.6 Å². The van der Waals surface area contributed by atoms with Gasteiger partial charge in [-0.15, -0.1) is 11.3 Å². The van der Waals surface area contributed by atoms with Gasteiger partial charge in [-0.25, -0.2) is 0 Å². The van der Waals surface area contributed by atoms with E-state index in [1.807, 2.05) is 0 Å². The minimum absolute atomic E-state index is 0.190. The third-order valence-corrected chi connectivity index (χ3v) is 5.80. The van der Waals surface area contributed by atoms with Crippen LogP contribution in [0.2, 0.25) is 0 Å². The predicted octanol–water partition coefficient (Wildman–Crippen LogP) is 3.23. The molecule has 2 N–H and O–H groups in total. The molecule has 2 atom stereocenters. The quantitative estimate of drug-likeness (QED) is 0.853. The van der Waals surface area contributed by atoms with Crippen molar-refractivity contribution >= 4 is 34.1 Å². The SMILES string of the molecule is Cc1cc(NC(=O)c2ccco2)sc1C(=O)N1CCC[C@@H](C(=O)O)[C@H]1C. The Balaban J connectivity index is 1.77. The lowest BCUT2D eigenvalue weighted by molar-refractivity contribution is -0.144. The van der Waals surface area contributed by atoms with E-state index < -0.39 is 11.9 Å². The van der Waals surface area contributed by atoms with Crippen LogP contribution in [0.3, 0.4) is 0 Å². The van der Waals surface area contributed by atoms with Crippen LogP contribution in [-0.2, 0) is 4.79 Å². The molecule has 0 saturated carbocycles. The average molecular weight is 376 g/mol. The van der Waals surface area contributed by atoms with Crippen molar-refractivity contribution in [3.63, 3.8) is 0 Å². The molecule has 2 amide bonds. The molecule has 3 rings (SSSR count). The maximum Gasteiger partial charge on any atom is 0.308 e. The number of aryl methyl sites for hydroxylation is 1. The van der Waals surface area contributed by atoms with Gasteiger partial charge in [0, 0.05) is 12.6 Å². The number of carbonyl (C=O) groups is 3. The van der Waals surface area contributed by atoms with Crippen molar-refractivity contribution in [1.82, 2.24) is 4.90 Å². The van der Waals surface area contributed by atoms with Crippen LogP contribution in [0.15, 0.2) is 28.9 Å². The van der Waals surface area contributed by atoms with Crippen molar-refractivity contribution in [2.24, 2.45) is 5.92 Å². The number of aliphatic carboxylic acids is 1. The van der Waals surface area contributed by atoms with Gasteiger partial charge in [0.25, 0.3) is 11.8 Å². The summed E-state index contributed by atoms with van der Waals surface area (Å²) in [7, 11) is 0. The van der Waals surface area contributed by atoms with Crippen LogP contribution < -0.4 is 5.32 Å². The van der Waals surface area contributed by atoms with E-state index in [0.717, 1.165) is 5.56 Å². The van der Waals surface area contributed by atoms with Crippen LogP contribution in [0.4, 0.5) is 5.00 Å². The Morgan fingerprint density at radius 3 is 2.81 bits per heavy atom. The van der Waals surface area contributed by atoms with Crippen molar-refractivity contribution in [2.45, 2.75) is 32.7 Å². The smallest absolute Gasteiger partial charge is 0.308 e. The maximum absolute atomic E-state index is 12.9. The van der Waals surface area contributed by atoms with Crippen LogP contribution in [0.5, 0.6) is 0 Å². The fourth-order valence-electron chi connectivity index (χ4n) is 3.23. The summed E-state index contributed by atoms with van der Waals surface area (Å²) < 4.78 is 5.06. The van der Waals surface area contributed by atoms with E-state index in [1.54, 1.807) is 36.9 Å². The molecule has 2 aromatic heterocycles. The number of amides is 2. The molecule has 1 aliphatic rings. The number of nitrogens with one attached hydrogen (secondary N) is 1. The predicted molar refractivity (Wildman–Crippen MR) is 96.6 cm³/mol. The third kappa shape index (κ3) is 3.50. The summed E-state index contributed by atoms with van der Waals surface area (Å²) in [5.41, 5.74) is 0.749. The molecule has 26 heavy (non-hydrogen) atoms. The molecule has 3 heterocycles. The number of likely N-dealkylation sites (tertiary alicyclic amines) is 1. The number of carbonyl (C=O) groups excluding carboxylic acids is 2. The van der Waals surface area contributed by atoms with E-state index >= 15 is 0 Å². The first-order valence-electron chi connectivity index (χ1n) is 8.37. The number of anilines is 1. The summed E-state index contributed by atoms with van der Waals surface area (Å²) in [4.78, 5) is 38.5. The van der Waals surface area contributed by atoms with Crippen LogP contribution in [-0.4, -0.2) is 40.4 Å². The Labute approximate surface area is 154 Å². The van der Waals surface area contributed by atoms with E-state index in [0.29, 0.717) is 29.3 Å². The molecule has 0 bridgehead atoms. The van der Waals surface area contributed by atoms with E-state index in [2.05, 4.69) is 5.32 Å². The van der Waals surface area contributed by atoms with Gasteiger partial charge in [0.05, 0.1) is 22.1 Å². The van der Waals surface area contributed by atoms with Gasteiger partial charge in [-0.1, -0.05) is 0 Å². The molecule has 1 aliphatic heterocycles. The first-order chi connectivity index (χ1) is 12.4. The third-order valence-electron chi connectivity index (χ3n) is 4.66. The number of hydrogen-bond donors (Lipinski definition) is 2. The Morgan fingerprint density at radius 1 is 1.38 bits per heavy atom. The molecule has 138 valence electrons. The minimum atomic E-state index is -0.871. The van der Waals surface area contributed by atoms with E-state index in [1.165, 1.54) is 17.6 Å². The van der Waals surface area contributed by atoms with Gasteiger partial charge in [0.2, 0.25) is 0 Å². The topological polar surface area (TPSA) is 99.9 Å². The van der Waals surface area contributed by atoms with Gasteiger partial charge in [-0.05, 0) is 50.5 Å². The van der Waals surface area contributed by atoms with Gasteiger partial charge >= 0.3 is 5.97 Å². The van der Waals surface area contributed by atoms with Gasteiger partial charge in [0.15, 0.2) is 5.76 Å². The summed E-state index contributed by atoms with van der Waals surface area (Å²) in [6.45, 7) is 4.11. The molecule has 1 saturated heterocycles. The summed E-state index contributed by atoms with van der Waals surface area (Å²) >= 11 is 1.19. The second-order valence-corrected chi connectivity index (χ2v) is 7.43. The zero-order chi connectivity index (χ0) is 18.8. The lowest BCUT2D eigenvalue weighted by Crippen LogP contribution is -2.49. The fraction of sp³-hybridized carbons (Fsp3) is 0.389. The van der Waals surface area contributed by atoms with Gasteiger partial charge in [-0.3, -0.25) is 14.4 Å². The Hall–Kier alpha value is -2.61. The summed E-state index contributed by atoms with van der Waals surface area (Å²) in [5.74, 6) is -1.80. The molecule has 8 heteroatoms. The summed E-state index contributed by atoms with van der Waals surface area (Å²) in [5, 5.41) is 12.6. The Bertz CT molecular complexity index is 827. The number of piperidine rings is 1. The zero-order valence-corrected chi connectivity index (χ0v) is 15.3. The number of thiophene rings is 1. The minimum Gasteiger partial charge on any atom is -0.481 e. The molecule has 0 aromatic carbocycles. The summed E-state index contributed by atoms with van der Waals surface area (Å²) in [6, 6.07) is 4.56. The maximum atomic E-state index is 12.9. The fourth-order valence-corrected chi connectivity index (χ4v) is 4.25. The van der Waals surface area contributed by atoms with E-state index in [9.17, 15) is 19.5 Å². The second kappa shape index (κ2) is 7.33. The molecule has 0 spiro atoms. The highest BCUT2D eigenvalue weighted by Gasteiger charge is 2.36. The first-order valence-corrected chi connectivity index (χ1v) is 9.19. The van der Waals surface area contributed by atoms with Crippen molar-refractivity contribution < 1.29 is 23.9 Å². The number of nitrogens with zero attached hydrogens (tertiary/aromatic N) is 1. The number of carboxylic acid groups (broad SMARTS) is 1. The number of rotatable bonds is 4. The number of hydrogen-bond acceptors (Lipinski definition) is 5. The molecule has 0 unspecified atom stereocenters. The Morgan fingerprint density at radius 2 is 2.15 bits per heavy atom. The molecule has 1 fully saturated rings.